The van der Waals surface area contributed by atoms with Crippen molar-refractivity contribution in [3.8, 4) is 0 Å². The van der Waals surface area contributed by atoms with Gasteiger partial charge in [-0.1, -0.05) is 12.1 Å². The molecule has 0 atom stereocenters. The number of benzene rings is 1. The summed E-state index contributed by atoms with van der Waals surface area (Å²) >= 11 is 3.38. The Labute approximate surface area is 148 Å². The molecule has 1 fully saturated rings. The van der Waals surface area contributed by atoms with Crippen LogP contribution in [0.5, 0.6) is 0 Å². The van der Waals surface area contributed by atoms with E-state index in [0.29, 0.717) is 28.2 Å². The molecular formula is C17H18BrN3O3. The molecular weight excluding hydrogens is 374 g/mol. The highest BCUT2D eigenvalue weighted by atomic mass is 79.9. The standard InChI is InChI=1S/C17H18BrN3O3/c1-2-7-19-16(22)11-5-6-13(12(18)8-11)20-17(23)14-9-15(24-21-14)10-3-4-10/h5-6,8-10H,2-4,7H2,1H3,(H,19,22)(H,20,23). The molecule has 2 N–H and O–H groups in total. The molecule has 6 nitrogen and oxygen atoms in total. The van der Waals surface area contributed by atoms with E-state index in [2.05, 4.69) is 31.7 Å². The van der Waals surface area contributed by atoms with E-state index in [0.717, 1.165) is 25.0 Å². The van der Waals surface area contributed by atoms with Crippen molar-refractivity contribution in [3.63, 3.8) is 0 Å². The van der Waals surface area contributed by atoms with Gasteiger partial charge in [-0.3, -0.25) is 9.59 Å². The lowest BCUT2D eigenvalue weighted by molar-refractivity contribution is 0.0953. The van der Waals surface area contributed by atoms with Crippen LogP contribution < -0.4 is 10.6 Å². The molecule has 2 aromatic rings. The SMILES string of the molecule is CCCNC(=O)c1ccc(NC(=O)c2cc(C3CC3)on2)c(Br)c1. The molecule has 1 aromatic carbocycles. The molecule has 0 radical (unpaired) electrons. The van der Waals surface area contributed by atoms with Crippen LogP contribution in [0.1, 0.15) is 58.7 Å². The Bertz CT molecular complexity index is 768. The Morgan fingerprint density at radius 3 is 2.75 bits per heavy atom. The molecule has 126 valence electrons. The number of carbonyl (C=O) groups excluding carboxylic acids is 2. The summed E-state index contributed by atoms with van der Waals surface area (Å²) < 4.78 is 5.82. The predicted molar refractivity (Wildman–Crippen MR) is 93.2 cm³/mol. The number of rotatable bonds is 6. The summed E-state index contributed by atoms with van der Waals surface area (Å²) in [5.74, 6) is 0.699. The van der Waals surface area contributed by atoms with Crippen LogP contribution in [0.4, 0.5) is 5.69 Å². The zero-order chi connectivity index (χ0) is 17.1. The summed E-state index contributed by atoms with van der Waals surface area (Å²) in [6.07, 6.45) is 3.05. The molecule has 0 bridgehead atoms. The van der Waals surface area contributed by atoms with Gasteiger partial charge in [0.05, 0.1) is 5.69 Å². The number of anilines is 1. The monoisotopic (exact) mass is 391 g/mol. The van der Waals surface area contributed by atoms with Crippen LogP contribution in [-0.2, 0) is 0 Å². The molecule has 3 rings (SSSR count). The van der Waals surface area contributed by atoms with Crippen molar-refractivity contribution in [3.05, 3.63) is 45.8 Å². The van der Waals surface area contributed by atoms with E-state index < -0.39 is 0 Å². The Morgan fingerprint density at radius 2 is 2.08 bits per heavy atom. The average molecular weight is 392 g/mol. The van der Waals surface area contributed by atoms with Gasteiger partial charge in [-0.2, -0.15) is 0 Å². The second-order valence-corrected chi connectivity index (χ2v) is 6.65. The van der Waals surface area contributed by atoms with Crippen LogP contribution in [0.3, 0.4) is 0 Å². The minimum atomic E-state index is -0.338. The molecule has 2 amide bonds. The molecule has 1 heterocycles. The number of hydrogen-bond donors (Lipinski definition) is 2. The lowest BCUT2D eigenvalue weighted by Gasteiger charge is -2.08. The Balaban J connectivity index is 1.67. The maximum Gasteiger partial charge on any atom is 0.277 e. The molecule has 1 aliphatic carbocycles. The van der Waals surface area contributed by atoms with E-state index in [9.17, 15) is 9.59 Å². The van der Waals surface area contributed by atoms with E-state index in [-0.39, 0.29) is 17.5 Å². The molecule has 1 aliphatic rings. The van der Waals surface area contributed by atoms with Crippen LogP contribution in [0.25, 0.3) is 0 Å². The molecule has 1 aromatic heterocycles. The number of amides is 2. The first-order valence-electron chi connectivity index (χ1n) is 7.94. The first-order chi connectivity index (χ1) is 11.6. The number of halogens is 1. The zero-order valence-corrected chi connectivity index (χ0v) is 14.9. The van der Waals surface area contributed by atoms with Gasteiger partial charge in [-0.15, -0.1) is 0 Å². The van der Waals surface area contributed by atoms with Crippen LogP contribution in [0.15, 0.2) is 33.3 Å². The summed E-state index contributed by atoms with van der Waals surface area (Å²) in [6, 6.07) is 6.72. The third kappa shape index (κ3) is 3.84. The van der Waals surface area contributed by atoms with Gasteiger partial charge < -0.3 is 15.2 Å². The first-order valence-corrected chi connectivity index (χ1v) is 8.73. The third-order valence-corrected chi connectivity index (χ3v) is 4.41. The van der Waals surface area contributed by atoms with Gasteiger partial charge in [0.15, 0.2) is 5.69 Å². The van der Waals surface area contributed by atoms with E-state index in [1.54, 1.807) is 24.3 Å². The molecule has 0 spiro atoms. The van der Waals surface area contributed by atoms with Gasteiger partial charge in [-0.05, 0) is 53.4 Å². The minimum Gasteiger partial charge on any atom is -0.360 e. The molecule has 0 saturated heterocycles. The fourth-order valence-electron chi connectivity index (χ4n) is 2.24. The Kier molecular flexibility index (Phi) is 4.99. The lowest BCUT2D eigenvalue weighted by atomic mass is 10.2. The van der Waals surface area contributed by atoms with Crippen molar-refractivity contribution in [1.29, 1.82) is 0 Å². The van der Waals surface area contributed by atoms with Gasteiger partial charge in [0.2, 0.25) is 0 Å². The van der Waals surface area contributed by atoms with E-state index >= 15 is 0 Å². The molecule has 24 heavy (non-hydrogen) atoms. The van der Waals surface area contributed by atoms with Crippen molar-refractivity contribution >= 4 is 33.4 Å². The smallest absolute Gasteiger partial charge is 0.277 e. The van der Waals surface area contributed by atoms with Crippen molar-refractivity contribution in [2.24, 2.45) is 0 Å². The quantitative estimate of drug-likeness (QED) is 0.785. The summed E-state index contributed by atoms with van der Waals surface area (Å²) in [4.78, 5) is 24.2. The number of nitrogens with one attached hydrogen (secondary N) is 2. The summed E-state index contributed by atoms with van der Waals surface area (Å²) in [6.45, 7) is 2.62. The van der Waals surface area contributed by atoms with Crippen LogP contribution >= 0.6 is 15.9 Å². The zero-order valence-electron chi connectivity index (χ0n) is 13.3. The van der Waals surface area contributed by atoms with Gasteiger partial charge in [0, 0.05) is 28.6 Å². The van der Waals surface area contributed by atoms with Gasteiger partial charge in [0.1, 0.15) is 5.76 Å². The Hall–Kier alpha value is -2.15. The van der Waals surface area contributed by atoms with E-state index in [4.69, 9.17) is 4.52 Å². The van der Waals surface area contributed by atoms with E-state index in [1.165, 1.54) is 0 Å². The predicted octanol–water partition coefficient (Wildman–Crippen LogP) is 3.71. The molecule has 7 heteroatoms. The largest absolute Gasteiger partial charge is 0.360 e. The highest BCUT2D eigenvalue weighted by Crippen LogP contribution is 2.40. The average Bonchev–Trinajstić information content (AvgIpc) is 3.31. The highest BCUT2D eigenvalue weighted by Gasteiger charge is 2.29. The van der Waals surface area contributed by atoms with Crippen LogP contribution in [0.2, 0.25) is 0 Å². The summed E-state index contributed by atoms with van der Waals surface area (Å²) in [5.41, 5.74) is 1.36. The second-order valence-electron chi connectivity index (χ2n) is 5.79. The molecule has 0 aliphatic heterocycles. The van der Waals surface area contributed by atoms with Gasteiger partial charge in [0.25, 0.3) is 11.8 Å². The van der Waals surface area contributed by atoms with Gasteiger partial charge >= 0.3 is 0 Å². The fraction of sp³-hybridized carbons (Fsp3) is 0.353. The van der Waals surface area contributed by atoms with Gasteiger partial charge in [-0.25, -0.2) is 0 Å². The van der Waals surface area contributed by atoms with Crippen LogP contribution in [0, 0.1) is 0 Å². The number of nitrogens with zero attached hydrogens (tertiary/aromatic N) is 1. The maximum absolute atomic E-state index is 12.2. The molecule has 0 unspecified atom stereocenters. The number of carbonyl (C=O) groups is 2. The van der Waals surface area contributed by atoms with Crippen LogP contribution in [-0.4, -0.2) is 23.5 Å². The fourth-order valence-corrected chi connectivity index (χ4v) is 2.72. The number of aromatic nitrogens is 1. The lowest BCUT2D eigenvalue weighted by Crippen LogP contribution is -2.24. The van der Waals surface area contributed by atoms with Crippen molar-refractivity contribution in [1.82, 2.24) is 10.5 Å². The minimum absolute atomic E-state index is 0.138. The second kappa shape index (κ2) is 7.17. The van der Waals surface area contributed by atoms with Crippen molar-refractivity contribution in [2.45, 2.75) is 32.1 Å². The number of hydrogen-bond acceptors (Lipinski definition) is 4. The maximum atomic E-state index is 12.2. The van der Waals surface area contributed by atoms with Crippen molar-refractivity contribution < 1.29 is 14.1 Å². The summed E-state index contributed by atoms with van der Waals surface area (Å²) in [7, 11) is 0. The topological polar surface area (TPSA) is 84.2 Å². The highest BCUT2D eigenvalue weighted by molar-refractivity contribution is 9.10. The first kappa shape index (κ1) is 16.7. The third-order valence-electron chi connectivity index (χ3n) is 3.76. The summed E-state index contributed by atoms with van der Waals surface area (Å²) in [5, 5.41) is 9.40. The Morgan fingerprint density at radius 1 is 1.29 bits per heavy atom. The van der Waals surface area contributed by atoms with E-state index in [1.807, 2.05) is 6.92 Å². The normalized spacial score (nSPS) is 13.6. The molecule has 1 saturated carbocycles. The van der Waals surface area contributed by atoms with Crippen molar-refractivity contribution in [2.75, 3.05) is 11.9 Å².